The summed E-state index contributed by atoms with van der Waals surface area (Å²) >= 11 is 9.78. The number of carbonyl (C=O) groups excluding carboxylic acids is 2. The van der Waals surface area contributed by atoms with Gasteiger partial charge in [0.15, 0.2) is 11.0 Å². The van der Waals surface area contributed by atoms with Crippen LogP contribution in [0.15, 0.2) is 41.6 Å². The Kier molecular flexibility index (Phi) is 9.60. The van der Waals surface area contributed by atoms with E-state index in [1.807, 2.05) is 37.6 Å². The van der Waals surface area contributed by atoms with Gasteiger partial charge in [-0.15, -0.1) is 10.2 Å². The SMILES string of the molecule is Cc1cc(I)cc(C)c1NC(=O)CSc1nnc([C@H](CC(C)C)NC(=O)c2ccccc2Cl)n1C. The molecule has 3 aromatic rings. The first-order valence-electron chi connectivity index (χ1n) is 11.2. The number of thioether (sulfide) groups is 1. The number of carbonyl (C=O) groups is 2. The fourth-order valence-electron chi connectivity index (χ4n) is 3.75. The van der Waals surface area contributed by atoms with Gasteiger partial charge in [-0.25, -0.2) is 0 Å². The molecule has 0 unspecified atom stereocenters. The summed E-state index contributed by atoms with van der Waals surface area (Å²) in [6.45, 7) is 8.14. The fourth-order valence-corrected chi connectivity index (χ4v) is 5.62. The predicted octanol–water partition coefficient (Wildman–Crippen LogP) is 5.94. The van der Waals surface area contributed by atoms with Crippen LogP contribution in [-0.2, 0) is 11.8 Å². The molecule has 0 aliphatic carbocycles. The van der Waals surface area contributed by atoms with Crippen LogP contribution in [0.1, 0.15) is 53.6 Å². The third-order valence-corrected chi connectivity index (χ3v) is 7.38. The van der Waals surface area contributed by atoms with E-state index in [1.54, 1.807) is 24.3 Å². The zero-order chi connectivity index (χ0) is 25.7. The van der Waals surface area contributed by atoms with Crippen molar-refractivity contribution >= 4 is 63.5 Å². The van der Waals surface area contributed by atoms with Gasteiger partial charge in [-0.2, -0.15) is 0 Å². The lowest BCUT2D eigenvalue weighted by Gasteiger charge is -2.20. The van der Waals surface area contributed by atoms with E-state index < -0.39 is 0 Å². The molecule has 0 radical (unpaired) electrons. The maximum atomic E-state index is 12.9. The highest BCUT2D eigenvalue weighted by Gasteiger charge is 2.24. The smallest absolute Gasteiger partial charge is 0.253 e. The van der Waals surface area contributed by atoms with E-state index in [2.05, 4.69) is 57.3 Å². The number of nitrogens with zero attached hydrogens (tertiary/aromatic N) is 3. The molecule has 186 valence electrons. The van der Waals surface area contributed by atoms with Crippen LogP contribution in [0, 0.1) is 23.3 Å². The van der Waals surface area contributed by atoms with E-state index in [0.29, 0.717) is 33.9 Å². The summed E-state index contributed by atoms with van der Waals surface area (Å²) in [6.07, 6.45) is 0.679. The summed E-state index contributed by atoms with van der Waals surface area (Å²) in [5.41, 5.74) is 3.31. The molecular weight excluding hydrogens is 597 g/mol. The zero-order valence-electron chi connectivity index (χ0n) is 20.4. The normalized spacial score (nSPS) is 12.0. The van der Waals surface area contributed by atoms with Gasteiger partial charge in [0.2, 0.25) is 5.91 Å². The molecule has 2 N–H and O–H groups in total. The lowest BCUT2D eigenvalue weighted by atomic mass is 10.0. The Morgan fingerprint density at radius 1 is 1.14 bits per heavy atom. The van der Waals surface area contributed by atoms with Crippen molar-refractivity contribution in [1.29, 1.82) is 0 Å². The van der Waals surface area contributed by atoms with Crippen LogP contribution in [0.25, 0.3) is 0 Å². The van der Waals surface area contributed by atoms with Crippen molar-refractivity contribution in [2.75, 3.05) is 11.1 Å². The molecule has 0 spiro atoms. The van der Waals surface area contributed by atoms with Gasteiger partial charge in [0.1, 0.15) is 0 Å². The summed E-state index contributed by atoms with van der Waals surface area (Å²) in [6, 6.07) is 10.7. The average molecular weight is 626 g/mol. The molecule has 1 atom stereocenters. The van der Waals surface area contributed by atoms with Crippen molar-refractivity contribution in [3.63, 3.8) is 0 Å². The van der Waals surface area contributed by atoms with Crippen LogP contribution in [0.3, 0.4) is 0 Å². The van der Waals surface area contributed by atoms with Crippen LogP contribution < -0.4 is 10.6 Å². The van der Waals surface area contributed by atoms with Crippen molar-refractivity contribution in [3.8, 4) is 0 Å². The second-order valence-electron chi connectivity index (χ2n) is 8.79. The average Bonchev–Trinajstić information content (AvgIpc) is 3.14. The number of halogens is 2. The first-order valence-corrected chi connectivity index (χ1v) is 13.6. The van der Waals surface area contributed by atoms with Crippen LogP contribution in [0.5, 0.6) is 0 Å². The molecule has 1 aromatic heterocycles. The highest BCUT2D eigenvalue weighted by Crippen LogP contribution is 2.26. The third kappa shape index (κ3) is 7.20. The molecule has 0 saturated carbocycles. The fraction of sp³-hybridized carbons (Fsp3) is 0.360. The van der Waals surface area contributed by atoms with Crippen LogP contribution in [-0.4, -0.2) is 32.3 Å². The molecule has 7 nitrogen and oxygen atoms in total. The largest absolute Gasteiger partial charge is 0.342 e. The molecule has 35 heavy (non-hydrogen) atoms. The first kappa shape index (κ1) is 27.5. The summed E-state index contributed by atoms with van der Waals surface area (Å²) < 4.78 is 2.97. The number of anilines is 1. The monoisotopic (exact) mass is 625 g/mol. The molecule has 0 bridgehead atoms. The highest BCUT2D eigenvalue weighted by molar-refractivity contribution is 14.1. The van der Waals surface area contributed by atoms with Crippen LogP contribution in [0.4, 0.5) is 5.69 Å². The summed E-state index contributed by atoms with van der Waals surface area (Å²) in [4.78, 5) is 25.5. The topological polar surface area (TPSA) is 88.9 Å². The van der Waals surface area contributed by atoms with Gasteiger partial charge < -0.3 is 15.2 Å². The number of nitrogens with one attached hydrogen (secondary N) is 2. The van der Waals surface area contributed by atoms with Gasteiger partial charge in [-0.1, -0.05) is 49.3 Å². The Morgan fingerprint density at radius 3 is 2.43 bits per heavy atom. The number of aryl methyl sites for hydroxylation is 2. The molecule has 2 amide bonds. The number of rotatable bonds is 9. The van der Waals surface area contributed by atoms with Gasteiger partial charge in [-0.3, -0.25) is 9.59 Å². The highest BCUT2D eigenvalue weighted by atomic mass is 127. The van der Waals surface area contributed by atoms with Crippen molar-refractivity contribution in [1.82, 2.24) is 20.1 Å². The van der Waals surface area contributed by atoms with E-state index >= 15 is 0 Å². The molecule has 0 fully saturated rings. The van der Waals surface area contributed by atoms with E-state index in [0.717, 1.165) is 20.4 Å². The summed E-state index contributed by atoms with van der Waals surface area (Å²) in [7, 11) is 1.85. The van der Waals surface area contributed by atoms with Crippen molar-refractivity contribution in [3.05, 3.63) is 67.5 Å². The van der Waals surface area contributed by atoms with Gasteiger partial charge in [0.25, 0.3) is 5.91 Å². The Balaban J connectivity index is 1.71. The number of aromatic nitrogens is 3. The molecule has 10 heteroatoms. The van der Waals surface area contributed by atoms with Crippen LogP contribution >= 0.6 is 46.0 Å². The molecule has 1 heterocycles. The lowest BCUT2D eigenvalue weighted by Crippen LogP contribution is -2.31. The van der Waals surface area contributed by atoms with E-state index in [9.17, 15) is 9.59 Å². The Labute approximate surface area is 228 Å². The minimum atomic E-state index is -0.350. The maximum absolute atomic E-state index is 12.9. The predicted molar refractivity (Wildman–Crippen MR) is 150 cm³/mol. The molecular formula is C25H29ClIN5O2S. The second kappa shape index (κ2) is 12.2. The Hall–Kier alpha value is -2.11. The maximum Gasteiger partial charge on any atom is 0.253 e. The van der Waals surface area contributed by atoms with Crippen molar-refractivity contribution < 1.29 is 9.59 Å². The number of hydrogen-bond donors (Lipinski definition) is 2. The van der Waals surface area contributed by atoms with E-state index in [4.69, 9.17) is 11.6 Å². The number of benzene rings is 2. The number of amides is 2. The minimum Gasteiger partial charge on any atom is -0.342 e. The quantitative estimate of drug-likeness (QED) is 0.227. The summed E-state index contributed by atoms with van der Waals surface area (Å²) in [5, 5.41) is 15.7. The minimum absolute atomic E-state index is 0.113. The standard InChI is InChI=1S/C25H29ClIN5O2S/c1-14(2)10-20(28-24(34)18-8-6-7-9-19(18)26)23-30-31-25(32(23)5)35-13-21(33)29-22-15(3)11-17(27)12-16(22)4/h6-9,11-12,14,20H,10,13H2,1-5H3,(H,28,34)(H,29,33)/t20-/m0/s1. The molecule has 3 rings (SSSR count). The number of hydrogen-bond acceptors (Lipinski definition) is 5. The molecule has 0 saturated heterocycles. The van der Waals surface area contributed by atoms with Crippen molar-refractivity contribution in [2.24, 2.45) is 13.0 Å². The van der Waals surface area contributed by atoms with Crippen LogP contribution in [0.2, 0.25) is 5.02 Å². The third-order valence-electron chi connectivity index (χ3n) is 5.41. The molecule has 2 aromatic carbocycles. The van der Waals surface area contributed by atoms with E-state index in [-0.39, 0.29) is 23.6 Å². The summed E-state index contributed by atoms with van der Waals surface area (Å²) in [5.74, 6) is 0.758. The van der Waals surface area contributed by atoms with Crippen molar-refractivity contribution in [2.45, 2.75) is 45.3 Å². The van der Waals surface area contributed by atoms with E-state index in [1.165, 1.54) is 11.8 Å². The van der Waals surface area contributed by atoms with Gasteiger partial charge >= 0.3 is 0 Å². The first-order chi connectivity index (χ1) is 16.6. The zero-order valence-corrected chi connectivity index (χ0v) is 24.1. The van der Waals surface area contributed by atoms with Gasteiger partial charge in [0, 0.05) is 16.3 Å². The lowest BCUT2D eigenvalue weighted by molar-refractivity contribution is -0.113. The van der Waals surface area contributed by atoms with Gasteiger partial charge in [0.05, 0.1) is 22.4 Å². The second-order valence-corrected chi connectivity index (χ2v) is 11.4. The Morgan fingerprint density at radius 2 is 1.80 bits per heavy atom. The Bertz CT molecular complexity index is 1210. The molecule has 0 aliphatic rings. The molecule has 0 aliphatic heterocycles. The van der Waals surface area contributed by atoms with Gasteiger partial charge in [-0.05, 0) is 84.2 Å².